The number of aromatic nitrogens is 2. The molecule has 1 N–H and O–H groups in total. The van der Waals surface area contributed by atoms with Gasteiger partial charge in [-0.3, -0.25) is 4.68 Å². The van der Waals surface area contributed by atoms with Gasteiger partial charge in [0.25, 0.3) is 0 Å². The lowest BCUT2D eigenvalue weighted by atomic mass is 10.0. The first-order chi connectivity index (χ1) is 12.0. The third-order valence-electron chi connectivity index (χ3n) is 4.68. The highest BCUT2D eigenvalue weighted by molar-refractivity contribution is 5.75. The van der Waals surface area contributed by atoms with E-state index >= 15 is 0 Å². The molecule has 2 unspecified atom stereocenters. The summed E-state index contributed by atoms with van der Waals surface area (Å²) in [7, 11) is 1.85. The summed E-state index contributed by atoms with van der Waals surface area (Å²) in [4.78, 5) is 14.3. The molecule has 1 fully saturated rings. The normalized spacial score (nSPS) is 18.4. The largest absolute Gasteiger partial charge is 0.337 e. The molecule has 7 heteroatoms. The van der Waals surface area contributed by atoms with Gasteiger partial charge in [-0.2, -0.15) is 5.10 Å². The second-order valence-corrected chi connectivity index (χ2v) is 6.55. The van der Waals surface area contributed by atoms with Crippen LogP contribution in [0.25, 0.3) is 0 Å². The van der Waals surface area contributed by atoms with Crippen LogP contribution in [0.2, 0.25) is 0 Å². The Morgan fingerprint density at radius 1 is 1.44 bits per heavy atom. The fourth-order valence-corrected chi connectivity index (χ4v) is 3.32. The van der Waals surface area contributed by atoms with Gasteiger partial charge in [0, 0.05) is 43.9 Å². The van der Waals surface area contributed by atoms with Crippen LogP contribution in [0, 0.1) is 11.6 Å². The molecule has 25 heavy (non-hydrogen) atoms. The highest BCUT2D eigenvalue weighted by atomic mass is 19.1. The smallest absolute Gasteiger partial charge is 0.317 e. The zero-order valence-electron chi connectivity index (χ0n) is 14.4. The first-order valence-electron chi connectivity index (χ1n) is 8.43. The van der Waals surface area contributed by atoms with Gasteiger partial charge in [0.1, 0.15) is 11.6 Å². The fraction of sp³-hybridized carbons (Fsp3) is 0.444. The zero-order chi connectivity index (χ0) is 18.0. The minimum atomic E-state index is -0.603. The zero-order valence-corrected chi connectivity index (χ0v) is 14.4. The summed E-state index contributed by atoms with van der Waals surface area (Å²) in [6.45, 7) is 2.78. The molecule has 0 saturated carbocycles. The Hall–Kier alpha value is -2.44. The molecule has 2 aromatic rings. The average Bonchev–Trinajstić information content (AvgIpc) is 3.20. The van der Waals surface area contributed by atoms with Gasteiger partial charge < -0.3 is 10.2 Å². The van der Waals surface area contributed by atoms with Crippen LogP contribution in [0.5, 0.6) is 0 Å². The van der Waals surface area contributed by atoms with E-state index in [4.69, 9.17) is 0 Å². The number of carbonyl (C=O) groups is 1. The number of hydrogen-bond donors (Lipinski definition) is 1. The quantitative estimate of drug-likeness (QED) is 0.921. The number of nitrogens with zero attached hydrogens (tertiary/aromatic N) is 3. The fourth-order valence-electron chi connectivity index (χ4n) is 3.32. The molecule has 1 saturated heterocycles. The highest BCUT2D eigenvalue weighted by Gasteiger charge is 2.30. The van der Waals surface area contributed by atoms with E-state index in [1.807, 2.05) is 13.2 Å². The molecular weight excluding hydrogens is 326 g/mol. The van der Waals surface area contributed by atoms with E-state index in [9.17, 15) is 13.6 Å². The van der Waals surface area contributed by atoms with Crippen LogP contribution in [-0.2, 0) is 7.05 Å². The van der Waals surface area contributed by atoms with Gasteiger partial charge in [0.2, 0.25) is 0 Å². The first-order valence-corrected chi connectivity index (χ1v) is 8.43. The Morgan fingerprint density at radius 2 is 2.24 bits per heavy atom. The topological polar surface area (TPSA) is 50.2 Å². The Labute approximate surface area is 145 Å². The summed E-state index contributed by atoms with van der Waals surface area (Å²) >= 11 is 0. The van der Waals surface area contributed by atoms with Crippen LogP contribution >= 0.6 is 0 Å². The van der Waals surface area contributed by atoms with Crippen LogP contribution in [-0.4, -0.2) is 33.8 Å². The maximum absolute atomic E-state index is 13.8. The van der Waals surface area contributed by atoms with Gasteiger partial charge in [0.05, 0.1) is 12.2 Å². The third kappa shape index (κ3) is 3.81. The van der Waals surface area contributed by atoms with E-state index in [-0.39, 0.29) is 24.5 Å². The summed E-state index contributed by atoms with van der Waals surface area (Å²) in [5, 5.41) is 7.04. The van der Waals surface area contributed by atoms with Crippen LogP contribution in [0.15, 0.2) is 30.6 Å². The number of rotatable bonds is 4. The molecule has 1 aliphatic rings. The Kier molecular flexibility index (Phi) is 5.01. The molecule has 0 radical (unpaired) electrons. The second kappa shape index (κ2) is 7.21. The average molecular weight is 348 g/mol. The number of amides is 2. The number of benzene rings is 1. The summed E-state index contributed by atoms with van der Waals surface area (Å²) in [6.07, 6.45) is 5.55. The number of hydrogen-bond acceptors (Lipinski definition) is 2. The summed E-state index contributed by atoms with van der Waals surface area (Å²) in [6, 6.07) is 3.38. The van der Waals surface area contributed by atoms with Gasteiger partial charge in [0.15, 0.2) is 0 Å². The maximum Gasteiger partial charge on any atom is 0.317 e. The standard InChI is InChI=1S/C18H22F2N4O/c1-12(15-6-5-14(19)8-16(15)20)9-21-18(25)24-7-3-4-17(24)13-10-22-23(2)11-13/h5-6,8,10-12,17H,3-4,7,9H2,1-2H3,(H,21,25). The molecule has 3 rings (SSSR count). The molecule has 5 nitrogen and oxygen atoms in total. The van der Waals surface area contributed by atoms with Crippen molar-refractivity contribution in [2.45, 2.75) is 31.7 Å². The van der Waals surface area contributed by atoms with Crippen molar-refractivity contribution < 1.29 is 13.6 Å². The van der Waals surface area contributed by atoms with Crippen molar-refractivity contribution in [1.82, 2.24) is 20.0 Å². The predicted molar refractivity (Wildman–Crippen MR) is 90.1 cm³/mol. The molecule has 1 aromatic carbocycles. The summed E-state index contributed by atoms with van der Waals surface area (Å²) in [5.74, 6) is -1.44. The van der Waals surface area contributed by atoms with Gasteiger partial charge in [-0.15, -0.1) is 0 Å². The minimum absolute atomic E-state index is 0.0200. The van der Waals surface area contributed by atoms with Gasteiger partial charge in [-0.1, -0.05) is 13.0 Å². The van der Waals surface area contributed by atoms with Crippen molar-refractivity contribution in [3.63, 3.8) is 0 Å². The SMILES string of the molecule is CC(CNC(=O)N1CCCC1c1cnn(C)c1)c1ccc(F)cc1F. The monoisotopic (exact) mass is 348 g/mol. The molecular formula is C18H22F2N4O. The van der Waals surface area contributed by atoms with Crippen molar-refractivity contribution in [3.05, 3.63) is 53.4 Å². The molecule has 0 spiro atoms. The van der Waals surface area contributed by atoms with Crippen LogP contribution in [0.4, 0.5) is 13.6 Å². The summed E-state index contributed by atoms with van der Waals surface area (Å²) < 4.78 is 28.6. The van der Waals surface area contributed by atoms with E-state index < -0.39 is 11.6 Å². The molecule has 2 amide bonds. The number of likely N-dealkylation sites (tertiary alicyclic amines) is 1. The van der Waals surface area contributed by atoms with Gasteiger partial charge in [-0.25, -0.2) is 13.6 Å². The van der Waals surface area contributed by atoms with E-state index in [1.54, 1.807) is 22.7 Å². The Morgan fingerprint density at radius 3 is 2.92 bits per heavy atom. The highest BCUT2D eigenvalue weighted by Crippen LogP contribution is 2.31. The number of carbonyl (C=O) groups excluding carboxylic acids is 1. The van der Waals surface area contributed by atoms with Crippen LogP contribution < -0.4 is 5.32 Å². The number of aryl methyl sites for hydroxylation is 1. The van der Waals surface area contributed by atoms with Crippen molar-refractivity contribution in [3.8, 4) is 0 Å². The molecule has 0 bridgehead atoms. The van der Waals surface area contributed by atoms with Crippen molar-refractivity contribution in [1.29, 1.82) is 0 Å². The second-order valence-electron chi connectivity index (χ2n) is 6.55. The van der Waals surface area contributed by atoms with E-state index in [0.717, 1.165) is 24.5 Å². The lowest BCUT2D eigenvalue weighted by molar-refractivity contribution is 0.192. The molecule has 134 valence electrons. The van der Waals surface area contributed by atoms with Crippen molar-refractivity contribution in [2.24, 2.45) is 7.05 Å². The molecule has 1 aliphatic heterocycles. The van der Waals surface area contributed by atoms with Crippen molar-refractivity contribution >= 4 is 6.03 Å². The molecule has 0 aliphatic carbocycles. The number of halogens is 2. The first kappa shape index (κ1) is 17.4. The summed E-state index contributed by atoms with van der Waals surface area (Å²) in [5.41, 5.74) is 1.42. The van der Waals surface area contributed by atoms with E-state index in [2.05, 4.69) is 10.4 Å². The number of urea groups is 1. The van der Waals surface area contributed by atoms with Gasteiger partial charge >= 0.3 is 6.03 Å². The Balaban J connectivity index is 1.61. The lowest BCUT2D eigenvalue weighted by Crippen LogP contribution is -2.40. The Bertz CT molecular complexity index is 761. The molecule has 2 atom stereocenters. The van der Waals surface area contributed by atoms with Crippen LogP contribution in [0.3, 0.4) is 0 Å². The third-order valence-corrected chi connectivity index (χ3v) is 4.68. The van der Waals surface area contributed by atoms with Crippen LogP contribution in [0.1, 0.15) is 42.9 Å². The maximum atomic E-state index is 13.8. The van der Waals surface area contributed by atoms with E-state index in [1.165, 1.54) is 12.1 Å². The molecule has 1 aromatic heterocycles. The lowest BCUT2D eigenvalue weighted by Gasteiger charge is -2.25. The van der Waals surface area contributed by atoms with Crippen molar-refractivity contribution in [2.75, 3.05) is 13.1 Å². The predicted octanol–water partition coefficient (Wildman–Crippen LogP) is 3.35. The van der Waals surface area contributed by atoms with E-state index in [0.29, 0.717) is 12.1 Å². The number of nitrogens with one attached hydrogen (secondary N) is 1. The van der Waals surface area contributed by atoms with Gasteiger partial charge in [-0.05, 0) is 24.5 Å². The minimum Gasteiger partial charge on any atom is -0.337 e. The molecule has 2 heterocycles.